The third-order valence-electron chi connectivity index (χ3n) is 5.27. The zero-order valence-electron chi connectivity index (χ0n) is 16.8. The molecule has 0 saturated heterocycles. The number of carbonyl (C=O) groups is 2. The molecule has 1 heterocycles. The lowest BCUT2D eigenvalue weighted by molar-refractivity contribution is 0.102. The van der Waals surface area contributed by atoms with Crippen LogP contribution < -0.4 is 10.6 Å². The fraction of sp³-hybridized carbons (Fsp3) is 0.250. The fourth-order valence-electron chi connectivity index (χ4n) is 3.80. The van der Waals surface area contributed by atoms with Crippen LogP contribution in [0.25, 0.3) is 0 Å². The van der Waals surface area contributed by atoms with Crippen molar-refractivity contribution < 1.29 is 9.59 Å². The summed E-state index contributed by atoms with van der Waals surface area (Å²) >= 11 is 7.71. The molecular weight excluding hydrogens is 416 g/mol. The summed E-state index contributed by atoms with van der Waals surface area (Å²) in [5.74, 6) is -0.490. The molecule has 1 aliphatic rings. The quantitative estimate of drug-likeness (QED) is 0.458. The topological polar surface area (TPSA) is 58.2 Å². The van der Waals surface area contributed by atoms with E-state index >= 15 is 0 Å². The zero-order valence-corrected chi connectivity index (χ0v) is 18.3. The van der Waals surface area contributed by atoms with Gasteiger partial charge in [0.05, 0.1) is 16.1 Å². The Hall–Kier alpha value is -2.63. The van der Waals surface area contributed by atoms with Crippen molar-refractivity contribution in [2.24, 2.45) is 0 Å². The maximum Gasteiger partial charge on any atom is 0.258 e. The van der Waals surface area contributed by atoms with E-state index in [2.05, 4.69) is 10.6 Å². The van der Waals surface area contributed by atoms with E-state index in [1.165, 1.54) is 16.2 Å². The highest BCUT2D eigenvalue weighted by atomic mass is 35.5. The number of carbonyl (C=O) groups excluding carboxylic acids is 2. The van der Waals surface area contributed by atoms with Crippen LogP contribution in [0.15, 0.2) is 48.5 Å². The summed E-state index contributed by atoms with van der Waals surface area (Å²) in [6.45, 7) is 1.99. The molecule has 0 saturated carbocycles. The van der Waals surface area contributed by atoms with Gasteiger partial charge >= 0.3 is 0 Å². The first-order valence-electron chi connectivity index (χ1n) is 10.1. The lowest BCUT2D eigenvalue weighted by Crippen LogP contribution is -2.18. The van der Waals surface area contributed by atoms with Gasteiger partial charge in [-0.05, 0) is 68.0 Å². The van der Waals surface area contributed by atoms with Gasteiger partial charge in [0, 0.05) is 10.6 Å². The number of aryl methyl sites for hydroxylation is 2. The maximum absolute atomic E-state index is 13.3. The van der Waals surface area contributed by atoms with Crippen LogP contribution in [0.3, 0.4) is 0 Å². The van der Waals surface area contributed by atoms with Gasteiger partial charge in [-0.15, -0.1) is 11.3 Å². The van der Waals surface area contributed by atoms with Crippen molar-refractivity contribution in [3.8, 4) is 0 Å². The van der Waals surface area contributed by atoms with Gasteiger partial charge in [0.1, 0.15) is 5.00 Å². The molecule has 0 radical (unpaired) electrons. The number of anilines is 2. The third kappa shape index (κ3) is 4.42. The predicted molar refractivity (Wildman–Crippen MR) is 124 cm³/mol. The first kappa shape index (κ1) is 20.6. The highest BCUT2D eigenvalue weighted by Gasteiger charge is 2.26. The summed E-state index contributed by atoms with van der Waals surface area (Å²) in [5.41, 5.74) is 3.87. The molecule has 0 unspecified atom stereocenters. The SMILES string of the molecule is Cc1cccc(NC(=O)c2c(NC(=O)c3ccccc3Cl)sc3c2CCCCC3)c1. The van der Waals surface area contributed by atoms with Crippen molar-refractivity contribution in [2.75, 3.05) is 10.6 Å². The number of nitrogens with one attached hydrogen (secondary N) is 2. The minimum Gasteiger partial charge on any atom is -0.322 e. The molecule has 0 bridgehead atoms. The van der Waals surface area contributed by atoms with Crippen molar-refractivity contribution >= 4 is 45.4 Å². The van der Waals surface area contributed by atoms with Crippen molar-refractivity contribution in [1.82, 2.24) is 0 Å². The molecule has 0 aliphatic heterocycles. The fourth-order valence-corrected chi connectivity index (χ4v) is 5.31. The minimum absolute atomic E-state index is 0.186. The maximum atomic E-state index is 13.3. The highest BCUT2D eigenvalue weighted by molar-refractivity contribution is 7.17. The van der Waals surface area contributed by atoms with Crippen LogP contribution >= 0.6 is 22.9 Å². The molecule has 4 rings (SSSR count). The monoisotopic (exact) mass is 438 g/mol. The zero-order chi connectivity index (χ0) is 21.1. The van der Waals surface area contributed by atoms with Gasteiger partial charge in [-0.25, -0.2) is 0 Å². The average molecular weight is 439 g/mol. The van der Waals surface area contributed by atoms with E-state index < -0.39 is 0 Å². The third-order valence-corrected chi connectivity index (χ3v) is 6.81. The Morgan fingerprint density at radius 1 is 0.933 bits per heavy atom. The van der Waals surface area contributed by atoms with Gasteiger partial charge in [0.25, 0.3) is 11.8 Å². The lowest BCUT2D eigenvalue weighted by Gasteiger charge is -2.11. The highest BCUT2D eigenvalue weighted by Crippen LogP contribution is 2.38. The van der Waals surface area contributed by atoms with Crippen LogP contribution in [-0.2, 0) is 12.8 Å². The molecule has 1 aromatic heterocycles. The molecular formula is C24H23ClN2O2S. The summed E-state index contributed by atoms with van der Waals surface area (Å²) in [4.78, 5) is 27.4. The summed E-state index contributed by atoms with van der Waals surface area (Å²) in [7, 11) is 0. The first-order chi connectivity index (χ1) is 14.5. The Morgan fingerprint density at radius 3 is 2.53 bits per heavy atom. The molecule has 154 valence electrons. The van der Waals surface area contributed by atoms with Crippen LogP contribution in [0.5, 0.6) is 0 Å². The summed E-state index contributed by atoms with van der Waals surface area (Å²) in [5, 5.41) is 6.95. The van der Waals surface area contributed by atoms with Gasteiger partial charge in [-0.2, -0.15) is 0 Å². The van der Waals surface area contributed by atoms with E-state index in [0.717, 1.165) is 48.9 Å². The summed E-state index contributed by atoms with van der Waals surface area (Å²) in [6, 6.07) is 14.6. The van der Waals surface area contributed by atoms with Crippen molar-refractivity contribution in [1.29, 1.82) is 0 Å². The molecule has 0 atom stereocenters. The standard InChI is InChI=1S/C24H23ClN2O2S/c1-15-8-7-9-16(14-15)26-23(29)21-18-11-3-2-4-13-20(18)30-24(21)27-22(28)17-10-5-6-12-19(17)25/h5-10,12,14H,2-4,11,13H2,1H3,(H,26,29)(H,27,28). The molecule has 2 N–H and O–H groups in total. The van der Waals surface area contributed by atoms with Gasteiger partial charge in [-0.1, -0.05) is 42.3 Å². The van der Waals surface area contributed by atoms with E-state index in [1.807, 2.05) is 31.2 Å². The predicted octanol–water partition coefficient (Wildman–Crippen LogP) is 6.48. The van der Waals surface area contributed by atoms with E-state index in [-0.39, 0.29) is 11.8 Å². The average Bonchev–Trinajstić information content (AvgIpc) is 2.88. The van der Waals surface area contributed by atoms with Crippen LogP contribution in [0, 0.1) is 6.92 Å². The van der Waals surface area contributed by atoms with E-state index in [1.54, 1.807) is 24.3 Å². The molecule has 0 spiro atoms. The van der Waals surface area contributed by atoms with E-state index in [0.29, 0.717) is 21.2 Å². The molecule has 0 fully saturated rings. The van der Waals surface area contributed by atoms with Crippen molar-refractivity contribution in [3.63, 3.8) is 0 Å². The van der Waals surface area contributed by atoms with Gasteiger partial charge < -0.3 is 10.6 Å². The normalized spacial score (nSPS) is 13.3. The Labute approximate surface area is 185 Å². The number of amides is 2. The summed E-state index contributed by atoms with van der Waals surface area (Å²) < 4.78 is 0. The lowest BCUT2D eigenvalue weighted by atomic mass is 10.0. The Balaban J connectivity index is 1.69. The molecule has 2 aromatic carbocycles. The molecule has 3 aromatic rings. The van der Waals surface area contributed by atoms with Crippen molar-refractivity contribution in [3.05, 3.63) is 80.7 Å². The molecule has 6 heteroatoms. The number of rotatable bonds is 4. The first-order valence-corrected chi connectivity index (χ1v) is 11.3. The van der Waals surface area contributed by atoms with Crippen LogP contribution in [0.1, 0.15) is 56.0 Å². The van der Waals surface area contributed by atoms with E-state index in [4.69, 9.17) is 11.6 Å². The Kier molecular flexibility index (Phi) is 6.21. The molecule has 2 amide bonds. The molecule has 30 heavy (non-hydrogen) atoms. The van der Waals surface area contributed by atoms with Crippen molar-refractivity contribution in [2.45, 2.75) is 39.0 Å². The largest absolute Gasteiger partial charge is 0.322 e. The van der Waals surface area contributed by atoms with Crippen LogP contribution in [0.4, 0.5) is 10.7 Å². The number of hydrogen-bond donors (Lipinski definition) is 2. The number of halogens is 1. The minimum atomic E-state index is -0.304. The second-order valence-electron chi connectivity index (χ2n) is 7.53. The van der Waals surface area contributed by atoms with Crippen LogP contribution in [0.2, 0.25) is 5.02 Å². The van der Waals surface area contributed by atoms with Crippen LogP contribution in [-0.4, -0.2) is 11.8 Å². The molecule has 1 aliphatic carbocycles. The second kappa shape index (κ2) is 9.02. The molecule has 4 nitrogen and oxygen atoms in total. The Morgan fingerprint density at radius 2 is 1.73 bits per heavy atom. The van der Waals surface area contributed by atoms with Gasteiger partial charge in [0.15, 0.2) is 0 Å². The number of fused-ring (bicyclic) bond motifs is 1. The smallest absolute Gasteiger partial charge is 0.258 e. The Bertz CT molecular complexity index is 1110. The summed E-state index contributed by atoms with van der Waals surface area (Å²) in [6.07, 6.45) is 5.09. The second-order valence-corrected chi connectivity index (χ2v) is 9.04. The van der Waals surface area contributed by atoms with E-state index in [9.17, 15) is 9.59 Å². The van der Waals surface area contributed by atoms with Gasteiger partial charge in [0.2, 0.25) is 0 Å². The number of benzene rings is 2. The number of thiophene rings is 1. The number of hydrogen-bond acceptors (Lipinski definition) is 3. The van der Waals surface area contributed by atoms with Gasteiger partial charge in [-0.3, -0.25) is 9.59 Å².